The molecule has 1 nitrogen and oxygen atoms in total. The SMILES string of the molecule is CCCCCC1CCC(C=Cc2ccc(-c3ccc(OC(F)(F)C(F)C(F)(F)F)c(F)c3)cc2)CC1. The highest BCUT2D eigenvalue weighted by atomic mass is 19.4. The van der Waals surface area contributed by atoms with E-state index in [1.807, 2.05) is 12.1 Å². The van der Waals surface area contributed by atoms with Crippen LogP contribution in [0.3, 0.4) is 0 Å². The number of hydrogen-bond acceptors (Lipinski definition) is 1. The van der Waals surface area contributed by atoms with Gasteiger partial charge in [-0.15, -0.1) is 0 Å². The summed E-state index contributed by atoms with van der Waals surface area (Å²) in [5.74, 6) is -1.11. The molecule has 0 saturated heterocycles. The maximum Gasteiger partial charge on any atom is 0.439 e. The molecule has 1 aliphatic carbocycles. The molecule has 0 N–H and O–H groups in total. The molecule has 8 heteroatoms. The zero-order valence-electron chi connectivity index (χ0n) is 20.1. The van der Waals surface area contributed by atoms with Crippen LogP contribution in [0.15, 0.2) is 48.5 Å². The lowest BCUT2D eigenvalue weighted by atomic mass is 9.79. The Hall–Kier alpha value is -2.51. The molecule has 0 bridgehead atoms. The third kappa shape index (κ3) is 7.74. The van der Waals surface area contributed by atoms with Crippen molar-refractivity contribution >= 4 is 6.08 Å². The van der Waals surface area contributed by atoms with E-state index in [4.69, 9.17) is 0 Å². The van der Waals surface area contributed by atoms with Crippen LogP contribution in [0.25, 0.3) is 17.2 Å². The molecule has 0 amide bonds. The number of rotatable bonds is 10. The molecule has 2 aromatic rings. The summed E-state index contributed by atoms with van der Waals surface area (Å²) in [6.45, 7) is 2.22. The van der Waals surface area contributed by atoms with Crippen LogP contribution in [0.4, 0.5) is 30.7 Å². The molecule has 0 aromatic heterocycles. The topological polar surface area (TPSA) is 9.23 Å². The van der Waals surface area contributed by atoms with Crippen molar-refractivity contribution in [2.24, 2.45) is 11.8 Å². The van der Waals surface area contributed by atoms with Gasteiger partial charge in [0.1, 0.15) is 0 Å². The molecule has 0 spiro atoms. The lowest BCUT2D eigenvalue weighted by Crippen LogP contribution is -2.45. The summed E-state index contributed by atoms with van der Waals surface area (Å²) in [4.78, 5) is 0. The average molecular weight is 517 g/mol. The van der Waals surface area contributed by atoms with E-state index in [1.165, 1.54) is 57.4 Å². The zero-order valence-corrected chi connectivity index (χ0v) is 20.1. The van der Waals surface area contributed by atoms with Crippen LogP contribution >= 0.6 is 0 Å². The van der Waals surface area contributed by atoms with Crippen LogP contribution in [-0.2, 0) is 0 Å². The first-order valence-electron chi connectivity index (χ1n) is 12.4. The van der Waals surface area contributed by atoms with E-state index in [0.29, 0.717) is 17.0 Å². The largest absolute Gasteiger partial charge is 0.439 e. The first-order valence-corrected chi connectivity index (χ1v) is 12.4. The summed E-state index contributed by atoms with van der Waals surface area (Å²) in [6.07, 6.45) is -1.32. The summed E-state index contributed by atoms with van der Waals surface area (Å²) < 4.78 is 94.7. The Morgan fingerprint density at radius 1 is 0.917 bits per heavy atom. The highest BCUT2D eigenvalue weighted by Crippen LogP contribution is 2.38. The number of allylic oxidation sites excluding steroid dienone is 1. The predicted molar refractivity (Wildman–Crippen MR) is 127 cm³/mol. The molecule has 198 valence electrons. The third-order valence-corrected chi connectivity index (χ3v) is 6.67. The van der Waals surface area contributed by atoms with E-state index in [2.05, 4.69) is 23.8 Å². The Bertz CT molecular complexity index is 990. The summed E-state index contributed by atoms with van der Waals surface area (Å²) in [7, 11) is 0. The van der Waals surface area contributed by atoms with Crippen LogP contribution in [-0.4, -0.2) is 18.5 Å². The first-order chi connectivity index (χ1) is 17.0. The Labute approximate surface area is 207 Å². The summed E-state index contributed by atoms with van der Waals surface area (Å²) >= 11 is 0. The number of hydrogen-bond donors (Lipinski definition) is 0. The molecule has 0 heterocycles. The fourth-order valence-electron chi connectivity index (χ4n) is 4.54. The Morgan fingerprint density at radius 2 is 1.56 bits per heavy atom. The molecule has 1 fully saturated rings. The second-order valence-corrected chi connectivity index (χ2v) is 9.47. The second kappa shape index (κ2) is 12.2. The van der Waals surface area contributed by atoms with Crippen molar-refractivity contribution in [3.63, 3.8) is 0 Å². The van der Waals surface area contributed by atoms with Crippen molar-refractivity contribution < 1.29 is 35.5 Å². The molecule has 0 aliphatic heterocycles. The van der Waals surface area contributed by atoms with E-state index < -0.39 is 30.0 Å². The molecule has 2 aromatic carbocycles. The summed E-state index contributed by atoms with van der Waals surface area (Å²) in [5, 5.41) is 0. The lowest BCUT2D eigenvalue weighted by molar-refractivity contribution is -0.305. The van der Waals surface area contributed by atoms with Crippen molar-refractivity contribution in [1.29, 1.82) is 0 Å². The van der Waals surface area contributed by atoms with Gasteiger partial charge in [0.2, 0.25) is 0 Å². The fraction of sp³-hybridized carbons (Fsp3) is 0.500. The van der Waals surface area contributed by atoms with Gasteiger partial charge < -0.3 is 4.74 Å². The van der Waals surface area contributed by atoms with Gasteiger partial charge in [-0.1, -0.05) is 75.1 Å². The van der Waals surface area contributed by atoms with Crippen molar-refractivity contribution in [2.75, 3.05) is 0 Å². The molecule has 1 unspecified atom stereocenters. The van der Waals surface area contributed by atoms with Crippen LogP contribution < -0.4 is 4.74 Å². The van der Waals surface area contributed by atoms with E-state index in [9.17, 15) is 30.7 Å². The Kier molecular flexibility index (Phi) is 9.47. The summed E-state index contributed by atoms with van der Waals surface area (Å²) in [5.41, 5.74) is 1.85. The van der Waals surface area contributed by atoms with Gasteiger partial charge in [0.25, 0.3) is 6.17 Å². The fourth-order valence-corrected chi connectivity index (χ4v) is 4.54. The van der Waals surface area contributed by atoms with Gasteiger partial charge >= 0.3 is 12.3 Å². The molecule has 3 rings (SSSR count). The predicted octanol–water partition coefficient (Wildman–Crippen LogP) is 9.76. The van der Waals surface area contributed by atoms with Gasteiger partial charge in [-0.2, -0.15) is 22.0 Å². The molecule has 1 saturated carbocycles. The molecule has 0 radical (unpaired) electrons. The van der Waals surface area contributed by atoms with E-state index in [-0.39, 0.29) is 0 Å². The minimum Gasteiger partial charge on any atom is -0.427 e. The highest BCUT2D eigenvalue weighted by molar-refractivity contribution is 5.66. The van der Waals surface area contributed by atoms with Crippen molar-refractivity contribution in [1.82, 2.24) is 0 Å². The Morgan fingerprint density at radius 3 is 2.14 bits per heavy atom. The Balaban J connectivity index is 1.58. The smallest absolute Gasteiger partial charge is 0.427 e. The maximum atomic E-state index is 14.3. The van der Waals surface area contributed by atoms with Crippen molar-refractivity contribution in [3.8, 4) is 16.9 Å². The molecule has 1 aliphatic rings. The molecular weight excluding hydrogens is 485 g/mol. The van der Waals surface area contributed by atoms with Gasteiger partial charge in [-0.05, 0) is 66.3 Å². The number of benzene rings is 2. The summed E-state index contributed by atoms with van der Waals surface area (Å²) in [6, 6.07) is 9.99. The maximum absolute atomic E-state index is 14.3. The number of unbranched alkanes of at least 4 members (excludes halogenated alkanes) is 2. The van der Waals surface area contributed by atoms with Gasteiger partial charge in [0.05, 0.1) is 0 Å². The van der Waals surface area contributed by atoms with Crippen LogP contribution in [0.1, 0.15) is 63.9 Å². The molecular formula is C28H31F7O. The number of alkyl halides is 6. The van der Waals surface area contributed by atoms with E-state index in [0.717, 1.165) is 23.6 Å². The van der Waals surface area contributed by atoms with Gasteiger partial charge in [0, 0.05) is 0 Å². The van der Waals surface area contributed by atoms with Gasteiger partial charge in [-0.3, -0.25) is 0 Å². The van der Waals surface area contributed by atoms with E-state index in [1.54, 1.807) is 12.1 Å². The van der Waals surface area contributed by atoms with Crippen molar-refractivity contribution in [2.45, 2.75) is 76.7 Å². The van der Waals surface area contributed by atoms with Crippen LogP contribution in [0, 0.1) is 17.7 Å². The van der Waals surface area contributed by atoms with Crippen molar-refractivity contribution in [3.05, 3.63) is 59.9 Å². The molecule has 1 atom stereocenters. The van der Waals surface area contributed by atoms with Crippen LogP contribution in [0.2, 0.25) is 0 Å². The number of halogens is 7. The number of ether oxygens (including phenoxy) is 1. The van der Waals surface area contributed by atoms with Crippen LogP contribution in [0.5, 0.6) is 5.75 Å². The highest BCUT2D eigenvalue weighted by Gasteiger charge is 2.59. The second-order valence-electron chi connectivity index (χ2n) is 9.47. The van der Waals surface area contributed by atoms with E-state index >= 15 is 0 Å². The molecule has 36 heavy (non-hydrogen) atoms. The average Bonchev–Trinajstić information content (AvgIpc) is 2.84. The quantitative estimate of drug-likeness (QED) is 0.226. The van der Waals surface area contributed by atoms with Gasteiger partial charge in [0.15, 0.2) is 11.6 Å². The first kappa shape index (κ1) is 28.1. The monoisotopic (exact) mass is 516 g/mol. The zero-order chi connectivity index (χ0) is 26.3. The third-order valence-electron chi connectivity index (χ3n) is 6.67. The standard InChI is InChI=1S/C28H31F7O/c1-2-3-4-5-19-6-8-20(9-7-19)10-11-21-12-14-22(15-13-21)23-16-17-25(24(29)18-23)36-28(34,35)26(30)27(31,32)33/h10-20,26H,2-9H2,1H3. The lowest BCUT2D eigenvalue weighted by Gasteiger charge is -2.26. The normalized spacial score (nSPS) is 20.0. The minimum absolute atomic E-state index is 0.313. The minimum atomic E-state index is -5.84. The van der Waals surface area contributed by atoms with Gasteiger partial charge in [-0.25, -0.2) is 8.78 Å².